The van der Waals surface area contributed by atoms with Gasteiger partial charge in [0, 0.05) is 17.5 Å². The summed E-state index contributed by atoms with van der Waals surface area (Å²) in [6, 6.07) is 1.83. The van der Waals surface area contributed by atoms with Gasteiger partial charge in [-0.15, -0.1) is 0 Å². The summed E-state index contributed by atoms with van der Waals surface area (Å²) in [6.45, 7) is 0. The number of anilines is 1. The summed E-state index contributed by atoms with van der Waals surface area (Å²) in [5.74, 6) is 0.360. The van der Waals surface area contributed by atoms with Crippen LogP contribution < -0.4 is 11.5 Å². The van der Waals surface area contributed by atoms with Gasteiger partial charge >= 0.3 is 0 Å². The first-order chi connectivity index (χ1) is 7.18. The highest BCUT2D eigenvalue weighted by molar-refractivity contribution is 6.23. The van der Waals surface area contributed by atoms with Crippen molar-refractivity contribution in [2.45, 2.75) is 0 Å². The Morgan fingerprint density at radius 1 is 1.27 bits per heavy atom. The highest BCUT2D eigenvalue weighted by atomic mass is 14.9. The van der Waals surface area contributed by atoms with Crippen molar-refractivity contribution in [2.24, 2.45) is 5.73 Å². The lowest BCUT2D eigenvalue weighted by Crippen LogP contribution is -2.04. The molecule has 15 heavy (non-hydrogen) atoms. The smallest absolute Gasteiger partial charge is 0.134 e. The summed E-state index contributed by atoms with van der Waals surface area (Å²) < 4.78 is 0. The molecule has 0 saturated carbocycles. The first-order valence-electron chi connectivity index (χ1n) is 4.51. The summed E-state index contributed by atoms with van der Waals surface area (Å²) in [6.07, 6.45) is 3.38. The normalized spacial score (nSPS) is 14.4. The van der Waals surface area contributed by atoms with Crippen molar-refractivity contribution >= 4 is 28.3 Å². The predicted molar refractivity (Wildman–Crippen MR) is 59.5 cm³/mol. The van der Waals surface area contributed by atoms with Crippen LogP contribution in [0.1, 0.15) is 11.1 Å². The lowest BCUT2D eigenvalue weighted by Gasteiger charge is -2.05. The van der Waals surface area contributed by atoms with Gasteiger partial charge in [-0.3, -0.25) is 0 Å². The van der Waals surface area contributed by atoms with E-state index in [1.54, 1.807) is 12.3 Å². The quantitative estimate of drug-likeness (QED) is 0.505. The summed E-state index contributed by atoms with van der Waals surface area (Å²) in [5.41, 5.74) is 15.6. The lowest BCUT2D eigenvalue weighted by atomic mass is 10.1. The number of fused-ring (bicyclic) bond motifs is 3. The zero-order valence-corrected chi connectivity index (χ0v) is 7.83. The molecule has 0 amide bonds. The molecule has 2 heterocycles. The van der Waals surface area contributed by atoms with E-state index in [-0.39, 0.29) is 0 Å². The minimum absolute atomic E-state index is 0.323. The number of nitrogens with one attached hydrogen (secondary N) is 2. The lowest BCUT2D eigenvalue weighted by molar-refractivity contribution is 1.37. The number of hydrogen-bond donors (Lipinski definition) is 4. The third-order valence-electron chi connectivity index (χ3n) is 2.58. The number of H-pyrrole nitrogens is 1. The van der Waals surface area contributed by atoms with E-state index in [1.807, 2.05) is 6.07 Å². The van der Waals surface area contributed by atoms with Crippen LogP contribution in [-0.2, 0) is 0 Å². The fraction of sp³-hybridized carbons (Fsp3) is 0. The number of rotatable bonds is 0. The summed E-state index contributed by atoms with van der Waals surface area (Å²) in [4.78, 5) is 7.27. The van der Waals surface area contributed by atoms with Crippen molar-refractivity contribution < 1.29 is 0 Å². The molecule has 2 aromatic heterocycles. The van der Waals surface area contributed by atoms with Crippen LogP contribution in [0.4, 0.5) is 5.82 Å². The van der Waals surface area contributed by atoms with E-state index in [1.165, 1.54) is 0 Å². The summed E-state index contributed by atoms with van der Waals surface area (Å²) in [5, 5.41) is 7.74. The molecule has 2 aromatic rings. The van der Waals surface area contributed by atoms with Crippen LogP contribution in [0.25, 0.3) is 16.7 Å². The van der Waals surface area contributed by atoms with Gasteiger partial charge in [-0.25, -0.2) is 4.98 Å². The molecule has 5 nitrogen and oxygen atoms in total. The number of pyridine rings is 1. The largest absolute Gasteiger partial charge is 0.398 e. The van der Waals surface area contributed by atoms with E-state index in [0.29, 0.717) is 22.8 Å². The number of aromatic amines is 1. The highest BCUT2D eigenvalue weighted by Crippen LogP contribution is 2.32. The maximum absolute atomic E-state index is 7.74. The van der Waals surface area contributed by atoms with Gasteiger partial charge in [0.25, 0.3) is 0 Å². The van der Waals surface area contributed by atoms with Crippen LogP contribution in [0.15, 0.2) is 18.3 Å². The molecule has 0 saturated heterocycles. The monoisotopic (exact) mass is 199 g/mol. The number of allylic oxidation sites excluding steroid dienone is 1. The van der Waals surface area contributed by atoms with Crippen LogP contribution in [0.2, 0.25) is 0 Å². The Morgan fingerprint density at radius 3 is 2.87 bits per heavy atom. The van der Waals surface area contributed by atoms with Gasteiger partial charge < -0.3 is 21.9 Å². The molecule has 3 rings (SSSR count). The van der Waals surface area contributed by atoms with E-state index in [9.17, 15) is 0 Å². The molecule has 1 aliphatic rings. The van der Waals surface area contributed by atoms with Crippen LogP contribution in [-0.4, -0.2) is 15.7 Å². The standard InChI is InChI=1S/C10H9N5/c11-4-3-5(12)8-7(4)9-6(1-2-14-9)15-10(8)13/h1-3,12,14H,11H2,(H2,13,15). The molecule has 0 fully saturated rings. The zero-order valence-electron chi connectivity index (χ0n) is 7.83. The minimum atomic E-state index is 0.323. The molecular formula is C10H9N5. The Labute approximate surface area is 85.3 Å². The summed E-state index contributed by atoms with van der Waals surface area (Å²) in [7, 11) is 0. The maximum atomic E-state index is 7.74. The maximum Gasteiger partial charge on any atom is 0.134 e. The van der Waals surface area contributed by atoms with E-state index >= 15 is 0 Å². The van der Waals surface area contributed by atoms with Gasteiger partial charge in [0.05, 0.1) is 22.3 Å². The minimum Gasteiger partial charge on any atom is -0.398 e. The Kier molecular flexibility index (Phi) is 1.28. The van der Waals surface area contributed by atoms with Gasteiger partial charge in [0.1, 0.15) is 5.82 Å². The molecule has 5 heteroatoms. The van der Waals surface area contributed by atoms with Crippen LogP contribution in [0.3, 0.4) is 0 Å². The fourth-order valence-electron chi connectivity index (χ4n) is 1.95. The van der Waals surface area contributed by atoms with Gasteiger partial charge in [0.15, 0.2) is 0 Å². The fourth-order valence-corrected chi connectivity index (χ4v) is 1.95. The van der Waals surface area contributed by atoms with Crippen molar-refractivity contribution in [1.29, 1.82) is 5.41 Å². The van der Waals surface area contributed by atoms with E-state index in [0.717, 1.165) is 16.6 Å². The SMILES string of the molecule is N=C1C=C(N)c2c1c(N)nc1cc[nH]c21. The molecule has 0 spiro atoms. The van der Waals surface area contributed by atoms with Crippen LogP contribution in [0.5, 0.6) is 0 Å². The number of hydrogen-bond acceptors (Lipinski definition) is 4. The first-order valence-corrected chi connectivity index (χ1v) is 4.51. The molecule has 0 unspecified atom stereocenters. The van der Waals surface area contributed by atoms with Crippen LogP contribution in [0, 0.1) is 5.41 Å². The Hall–Kier alpha value is -2.30. The van der Waals surface area contributed by atoms with Gasteiger partial charge in [-0.05, 0) is 12.1 Å². The van der Waals surface area contributed by atoms with Crippen LogP contribution >= 0.6 is 0 Å². The molecule has 1 aliphatic carbocycles. The van der Waals surface area contributed by atoms with Gasteiger partial charge in [-0.1, -0.05) is 0 Å². The average molecular weight is 199 g/mol. The van der Waals surface area contributed by atoms with Crippen molar-refractivity contribution in [1.82, 2.24) is 9.97 Å². The Bertz CT molecular complexity index is 620. The summed E-state index contributed by atoms with van der Waals surface area (Å²) >= 11 is 0. The molecule has 0 radical (unpaired) electrons. The molecule has 0 aromatic carbocycles. The average Bonchev–Trinajstić information content (AvgIpc) is 2.71. The van der Waals surface area contributed by atoms with E-state index in [4.69, 9.17) is 16.9 Å². The molecule has 0 aliphatic heterocycles. The number of nitrogen functional groups attached to an aromatic ring is 1. The second kappa shape index (κ2) is 2.38. The predicted octanol–water partition coefficient (Wildman–Crippen LogP) is 0.826. The number of nitrogens with two attached hydrogens (primary N) is 2. The topological polar surface area (TPSA) is 105 Å². The van der Waals surface area contributed by atoms with Crippen molar-refractivity contribution in [2.75, 3.05) is 5.73 Å². The zero-order chi connectivity index (χ0) is 10.6. The van der Waals surface area contributed by atoms with Crippen molar-refractivity contribution in [3.8, 4) is 0 Å². The molecule has 0 bridgehead atoms. The Morgan fingerprint density at radius 2 is 2.07 bits per heavy atom. The van der Waals surface area contributed by atoms with E-state index < -0.39 is 0 Å². The van der Waals surface area contributed by atoms with E-state index in [2.05, 4.69) is 9.97 Å². The third-order valence-corrected chi connectivity index (χ3v) is 2.58. The number of aromatic nitrogens is 2. The second-order valence-electron chi connectivity index (χ2n) is 3.50. The van der Waals surface area contributed by atoms with Gasteiger partial charge in [-0.2, -0.15) is 0 Å². The molecule has 0 atom stereocenters. The van der Waals surface area contributed by atoms with Crippen molar-refractivity contribution in [3.63, 3.8) is 0 Å². The highest BCUT2D eigenvalue weighted by Gasteiger charge is 2.23. The number of nitrogens with zero attached hydrogens (tertiary/aromatic N) is 1. The molecule has 6 N–H and O–H groups in total. The third kappa shape index (κ3) is 0.864. The van der Waals surface area contributed by atoms with Crippen molar-refractivity contribution in [3.05, 3.63) is 29.5 Å². The first kappa shape index (κ1) is 8.05. The Balaban J connectivity index is 2.55. The molecular weight excluding hydrogens is 190 g/mol. The molecule has 74 valence electrons. The van der Waals surface area contributed by atoms with Gasteiger partial charge in [0.2, 0.25) is 0 Å². The second-order valence-corrected chi connectivity index (χ2v) is 3.50.